The molecule has 73 heavy (non-hydrogen) atoms. The lowest BCUT2D eigenvalue weighted by molar-refractivity contribution is -0.144. The summed E-state index contributed by atoms with van der Waals surface area (Å²) in [6, 6.07) is 18.1. The molecule has 3 unspecified atom stereocenters. The minimum Gasteiger partial charge on any atom is -0.391 e. The summed E-state index contributed by atoms with van der Waals surface area (Å²) in [4.78, 5) is 91.9. The number of carbonyl (C=O) groups excluding carboxylic acids is 5. The van der Waals surface area contributed by atoms with Gasteiger partial charge in [-0.05, 0) is 65.9 Å². The fourth-order valence-corrected chi connectivity index (χ4v) is 9.47. The van der Waals surface area contributed by atoms with E-state index in [0.717, 1.165) is 41.0 Å². The first-order valence-corrected chi connectivity index (χ1v) is 24.7. The molecule has 0 bridgehead atoms. The van der Waals surface area contributed by atoms with Gasteiger partial charge in [0, 0.05) is 76.5 Å². The normalized spacial score (nSPS) is 16.7. The molecule has 5 amide bonds. The molecule has 21 heteroatoms. The van der Waals surface area contributed by atoms with Crippen LogP contribution in [0.2, 0.25) is 0 Å². The Bertz CT molecular complexity index is 2840. The van der Waals surface area contributed by atoms with Crippen molar-refractivity contribution in [2.24, 2.45) is 5.41 Å². The first-order chi connectivity index (χ1) is 34.7. The SMILES string of the molecule is Cc1ncsc1-c1ccc(CNC(=O)C2CC(O)CN2C(=O)C(NC(=O)CCOCCNC(=O)c2ccc(-c3ccc(N4CCN(C)CC4)c(NC(=O)c4c[nH]c(=O)cc4C(F)(F)F)c3)cc2)C(C)(C)C)cc1. The second-order valence-corrected chi connectivity index (χ2v) is 20.1. The number of aromatic nitrogens is 2. The summed E-state index contributed by atoms with van der Waals surface area (Å²) in [5.41, 5.74) is 3.27. The number of thiazole rings is 1. The van der Waals surface area contributed by atoms with Crippen molar-refractivity contribution in [1.82, 2.24) is 35.7 Å². The number of hydrogen-bond acceptors (Lipinski definition) is 12. The van der Waals surface area contributed by atoms with Crippen molar-refractivity contribution < 1.29 is 47.0 Å². The summed E-state index contributed by atoms with van der Waals surface area (Å²) in [6.07, 6.45) is -5.15. The van der Waals surface area contributed by atoms with Gasteiger partial charge in [-0.25, -0.2) is 4.98 Å². The number of rotatable bonds is 17. The van der Waals surface area contributed by atoms with Crippen LogP contribution in [0.3, 0.4) is 0 Å². The van der Waals surface area contributed by atoms with Crippen LogP contribution < -0.4 is 31.7 Å². The molecule has 388 valence electrons. The molecule has 4 heterocycles. The largest absolute Gasteiger partial charge is 0.417 e. The van der Waals surface area contributed by atoms with Crippen LogP contribution in [0.5, 0.6) is 0 Å². The monoisotopic (exact) mass is 1030 g/mol. The van der Waals surface area contributed by atoms with Gasteiger partial charge in [0.2, 0.25) is 23.3 Å². The summed E-state index contributed by atoms with van der Waals surface area (Å²) in [5.74, 6) is -2.79. The molecule has 17 nitrogen and oxygen atoms in total. The van der Waals surface area contributed by atoms with E-state index in [1.165, 1.54) is 4.90 Å². The molecule has 2 fully saturated rings. The quantitative estimate of drug-likeness (QED) is 0.0645. The van der Waals surface area contributed by atoms with Gasteiger partial charge in [0.1, 0.15) is 12.1 Å². The molecule has 3 aromatic carbocycles. The predicted octanol–water partition coefficient (Wildman–Crippen LogP) is 5.44. The number of hydrogen-bond donors (Lipinski definition) is 6. The van der Waals surface area contributed by atoms with E-state index in [9.17, 15) is 47.0 Å². The van der Waals surface area contributed by atoms with Crippen molar-refractivity contribution in [2.75, 3.05) is 69.7 Å². The van der Waals surface area contributed by atoms with E-state index in [1.54, 1.807) is 74.0 Å². The van der Waals surface area contributed by atoms with Crippen molar-refractivity contribution in [3.8, 4) is 21.6 Å². The van der Waals surface area contributed by atoms with E-state index in [1.807, 2.05) is 49.2 Å². The third kappa shape index (κ3) is 13.8. The summed E-state index contributed by atoms with van der Waals surface area (Å²) in [6.45, 7) is 10.4. The summed E-state index contributed by atoms with van der Waals surface area (Å²) in [7, 11) is 1.98. The zero-order valence-electron chi connectivity index (χ0n) is 41.2. The Labute approximate surface area is 424 Å². The lowest BCUT2D eigenvalue weighted by Gasteiger charge is -2.35. The number of benzene rings is 3. The van der Waals surface area contributed by atoms with Crippen LogP contribution in [0.4, 0.5) is 24.5 Å². The first-order valence-electron chi connectivity index (χ1n) is 23.9. The minimum atomic E-state index is -4.95. The summed E-state index contributed by atoms with van der Waals surface area (Å²) < 4.78 is 47.2. The Hall–Kier alpha value is -6.94. The van der Waals surface area contributed by atoms with Crippen molar-refractivity contribution in [2.45, 2.75) is 71.4 Å². The van der Waals surface area contributed by atoms with Gasteiger partial charge >= 0.3 is 6.18 Å². The number of halogens is 3. The van der Waals surface area contributed by atoms with Crippen molar-refractivity contribution >= 4 is 52.2 Å². The van der Waals surface area contributed by atoms with E-state index < -0.39 is 76.0 Å². The maximum absolute atomic E-state index is 14.0. The number of likely N-dealkylation sites (N-methyl/N-ethyl adjacent to an activating group) is 1. The van der Waals surface area contributed by atoms with E-state index in [2.05, 4.69) is 36.1 Å². The lowest BCUT2D eigenvalue weighted by atomic mass is 9.85. The number of H-pyrrole nitrogens is 1. The summed E-state index contributed by atoms with van der Waals surface area (Å²) >= 11 is 1.55. The molecule has 3 atom stereocenters. The van der Waals surface area contributed by atoms with Crippen LogP contribution in [-0.4, -0.2) is 132 Å². The van der Waals surface area contributed by atoms with Crippen LogP contribution in [0.25, 0.3) is 21.6 Å². The van der Waals surface area contributed by atoms with Gasteiger partial charge in [-0.1, -0.05) is 63.2 Å². The van der Waals surface area contributed by atoms with Crippen LogP contribution in [0.1, 0.15) is 71.1 Å². The van der Waals surface area contributed by atoms with Gasteiger partial charge in [0.25, 0.3) is 11.8 Å². The highest BCUT2D eigenvalue weighted by molar-refractivity contribution is 7.13. The average Bonchev–Trinajstić information content (AvgIpc) is 3.98. The number of pyridine rings is 1. The molecule has 5 aromatic rings. The van der Waals surface area contributed by atoms with Gasteiger partial charge < -0.3 is 50.8 Å². The molecule has 2 saturated heterocycles. The van der Waals surface area contributed by atoms with Crippen LogP contribution in [0, 0.1) is 12.3 Å². The van der Waals surface area contributed by atoms with Gasteiger partial charge in [-0.3, -0.25) is 28.8 Å². The lowest BCUT2D eigenvalue weighted by Crippen LogP contribution is -2.57. The molecule has 0 aliphatic carbocycles. The maximum Gasteiger partial charge on any atom is 0.417 e. The van der Waals surface area contributed by atoms with Crippen molar-refractivity contribution in [1.29, 1.82) is 0 Å². The third-order valence-electron chi connectivity index (χ3n) is 12.8. The molecular formula is C52H60F3N9O8S. The van der Waals surface area contributed by atoms with E-state index in [-0.39, 0.29) is 51.4 Å². The predicted molar refractivity (Wildman–Crippen MR) is 271 cm³/mol. The Morgan fingerprint density at radius 1 is 0.890 bits per heavy atom. The first kappa shape index (κ1) is 53.8. The molecule has 2 aliphatic heterocycles. The second-order valence-electron chi connectivity index (χ2n) is 19.2. The second kappa shape index (κ2) is 23.3. The molecule has 0 radical (unpaired) electrons. The topological polar surface area (TPSA) is 218 Å². The smallest absolute Gasteiger partial charge is 0.391 e. The highest BCUT2D eigenvalue weighted by Gasteiger charge is 2.44. The zero-order valence-corrected chi connectivity index (χ0v) is 42.0. The number of piperazine rings is 1. The van der Waals surface area contributed by atoms with Crippen LogP contribution >= 0.6 is 11.3 Å². The highest BCUT2D eigenvalue weighted by Crippen LogP contribution is 2.35. The van der Waals surface area contributed by atoms with Crippen molar-refractivity contribution in [3.05, 3.63) is 123 Å². The average molecular weight is 1030 g/mol. The number of β-amino-alcohol motifs (C(OH)–C–C–N with tert-alkyl or cyclic N) is 1. The Morgan fingerprint density at radius 2 is 1.58 bits per heavy atom. The molecule has 0 spiro atoms. The van der Waals surface area contributed by atoms with Gasteiger partial charge in [-0.2, -0.15) is 13.2 Å². The number of nitrogens with one attached hydrogen (secondary N) is 5. The number of aryl methyl sites for hydroxylation is 1. The van der Waals surface area contributed by atoms with Crippen molar-refractivity contribution in [3.63, 3.8) is 0 Å². The molecular weight excluding hydrogens is 968 g/mol. The number of amides is 5. The zero-order chi connectivity index (χ0) is 52.6. The van der Waals surface area contributed by atoms with E-state index in [4.69, 9.17) is 4.74 Å². The van der Waals surface area contributed by atoms with Gasteiger partial charge in [0.15, 0.2) is 0 Å². The Morgan fingerprint density at radius 3 is 2.23 bits per heavy atom. The van der Waals surface area contributed by atoms with E-state index in [0.29, 0.717) is 41.5 Å². The minimum absolute atomic E-state index is 0.00981. The highest BCUT2D eigenvalue weighted by atomic mass is 32.1. The fraction of sp³-hybridized carbons (Fsp3) is 0.404. The maximum atomic E-state index is 14.0. The molecule has 2 aliphatic rings. The van der Waals surface area contributed by atoms with Crippen LogP contribution in [-0.2, 0) is 31.8 Å². The number of anilines is 2. The number of ether oxygens (including phenoxy) is 1. The molecule has 6 N–H and O–H groups in total. The number of aliphatic hydroxyl groups excluding tert-OH is 1. The fourth-order valence-electron chi connectivity index (χ4n) is 8.66. The van der Waals surface area contributed by atoms with E-state index >= 15 is 0 Å². The molecule has 2 aromatic heterocycles. The summed E-state index contributed by atoms with van der Waals surface area (Å²) in [5, 5.41) is 21.7. The van der Waals surface area contributed by atoms with Gasteiger partial charge in [-0.15, -0.1) is 11.3 Å². The number of carbonyl (C=O) groups is 5. The third-order valence-corrected chi connectivity index (χ3v) is 13.7. The Kier molecular flexibility index (Phi) is 17.2. The Balaban J connectivity index is 0.885. The number of likely N-dealkylation sites (tertiary alicyclic amines) is 1. The number of aliphatic hydroxyl groups is 1. The number of nitrogens with zero attached hydrogens (tertiary/aromatic N) is 4. The van der Waals surface area contributed by atoms with Gasteiger partial charge in [0.05, 0.1) is 57.9 Å². The molecule has 0 saturated carbocycles. The molecule has 7 rings (SSSR count). The standard InChI is InChI=1S/C52H60F3N9O8S/c1-31-45(73-30-59-31)34-8-6-32(7-9-34)27-58-49(70)42-25-37(65)29-64(42)50(71)46(51(2,3)4)61-43(66)16-22-72-23-17-56-47(68)35-12-10-33(11-13-35)36-14-15-41(63-20-18-62(5)19-21-63)40(24-36)60-48(69)38-28-57-44(67)26-39(38)52(53,54)55/h6-15,24,26,28,30,37,42,46,65H,16-23,25,27,29H2,1-5H3,(H,56,68)(H,57,67)(H,58,70)(H,60,69)(H,61,66). The number of aromatic amines is 1. The van der Waals surface area contributed by atoms with Crippen LogP contribution in [0.15, 0.2) is 89.3 Å². The number of alkyl halides is 3.